The molecule has 46 heavy (non-hydrogen) atoms. The highest BCUT2D eigenvalue weighted by molar-refractivity contribution is 5.72. The molecule has 4 nitrogen and oxygen atoms in total. The fraction of sp³-hybridized carbons (Fsp3) is 0.270. The van der Waals surface area contributed by atoms with Crippen molar-refractivity contribution in [3.63, 3.8) is 0 Å². The second kappa shape index (κ2) is 11.7. The molecule has 2 aliphatic rings. The zero-order valence-corrected chi connectivity index (χ0v) is 25.0. The molecule has 1 saturated carbocycles. The Labute approximate surface area is 263 Å². The van der Waals surface area contributed by atoms with E-state index in [1.165, 1.54) is 0 Å². The van der Waals surface area contributed by atoms with Crippen LogP contribution in [-0.4, -0.2) is 28.6 Å². The highest BCUT2D eigenvalue weighted by Crippen LogP contribution is 2.53. The van der Waals surface area contributed by atoms with E-state index in [1.54, 1.807) is 31.4 Å². The summed E-state index contributed by atoms with van der Waals surface area (Å²) >= 11 is 0. The number of methoxy groups -OCH3 is 1. The first-order valence-corrected chi connectivity index (χ1v) is 15.3. The highest BCUT2D eigenvalue weighted by atomic mass is 19.4. The lowest BCUT2D eigenvalue weighted by molar-refractivity contribution is -0.142. The van der Waals surface area contributed by atoms with E-state index in [0.717, 1.165) is 70.8 Å². The van der Waals surface area contributed by atoms with Gasteiger partial charge in [-0.2, -0.15) is 18.3 Å². The lowest BCUT2D eigenvalue weighted by Crippen LogP contribution is -2.11. The summed E-state index contributed by atoms with van der Waals surface area (Å²) in [6, 6.07) is 24.4. The van der Waals surface area contributed by atoms with Gasteiger partial charge in [0.15, 0.2) is 0 Å². The predicted octanol–water partition coefficient (Wildman–Crippen LogP) is 8.91. The van der Waals surface area contributed by atoms with Crippen LogP contribution in [-0.2, 0) is 19.0 Å². The van der Waals surface area contributed by atoms with Crippen LogP contribution in [0.3, 0.4) is 0 Å². The molecule has 0 radical (unpaired) electrons. The van der Waals surface area contributed by atoms with Gasteiger partial charge in [0, 0.05) is 23.4 Å². The quantitative estimate of drug-likeness (QED) is 0.191. The molecule has 236 valence electrons. The van der Waals surface area contributed by atoms with Crippen LogP contribution >= 0.6 is 0 Å². The summed E-state index contributed by atoms with van der Waals surface area (Å²) in [6.07, 6.45) is -1.62. The second-order valence-corrected chi connectivity index (χ2v) is 12.1. The van der Waals surface area contributed by atoms with Gasteiger partial charge >= 0.3 is 6.18 Å². The van der Waals surface area contributed by atoms with E-state index >= 15 is 0 Å². The van der Waals surface area contributed by atoms with Crippen LogP contribution in [0.25, 0.3) is 39.2 Å². The summed E-state index contributed by atoms with van der Waals surface area (Å²) in [6.45, 7) is 0.198. The molecule has 4 aromatic carbocycles. The molecule has 0 bridgehead atoms. The molecular weight excluding hydrogens is 599 g/mol. The minimum absolute atomic E-state index is 0.0159. The van der Waals surface area contributed by atoms with Crippen LogP contribution in [0.4, 0.5) is 22.0 Å². The Kier molecular flexibility index (Phi) is 7.67. The molecule has 0 amide bonds. The Morgan fingerprint density at radius 2 is 1.28 bits per heavy atom. The minimum atomic E-state index is -5.13. The first kappa shape index (κ1) is 30.2. The number of aliphatic hydroxyl groups excluding tert-OH is 1. The van der Waals surface area contributed by atoms with Crippen molar-refractivity contribution >= 4 is 0 Å². The van der Waals surface area contributed by atoms with Crippen molar-refractivity contribution < 1.29 is 31.8 Å². The summed E-state index contributed by atoms with van der Waals surface area (Å²) in [7, 11) is 1.64. The van der Waals surface area contributed by atoms with Gasteiger partial charge in [-0.1, -0.05) is 48.5 Å². The smallest absolute Gasteiger partial charge is 0.422 e. The van der Waals surface area contributed by atoms with Gasteiger partial charge in [0.2, 0.25) is 0 Å². The van der Waals surface area contributed by atoms with Gasteiger partial charge < -0.3 is 9.84 Å². The monoisotopic (exact) mass is 630 g/mol. The molecule has 0 unspecified atom stereocenters. The van der Waals surface area contributed by atoms with Crippen LogP contribution in [0.2, 0.25) is 0 Å². The Balaban J connectivity index is 1.24. The SMILES string of the molecule is COc1ccc(-c2ccc(-n3nc(-c4ccc(-c5cc(F)c(C(F)(F)F)c(F)c5)cc4)c4c3CC[C@H]3[C@@H](CO)[C@H]3CC4)cc2)cc1. The molecule has 1 aromatic heterocycles. The molecule has 1 N–H and O–H groups in total. The highest BCUT2D eigenvalue weighted by Gasteiger charge is 2.49. The van der Waals surface area contributed by atoms with Crippen LogP contribution in [0, 0.1) is 29.4 Å². The fourth-order valence-electron chi connectivity index (χ4n) is 7.13. The maximum absolute atomic E-state index is 14.3. The maximum atomic E-state index is 14.3. The lowest BCUT2D eigenvalue weighted by atomic mass is 9.94. The van der Waals surface area contributed by atoms with E-state index in [2.05, 4.69) is 12.1 Å². The zero-order chi connectivity index (χ0) is 32.2. The third-order valence-corrected chi connectivity index (χ3v) is 9.60. The van der Waals surface area contributed by atoms with Gasteiger partial charge in [-0.05, 0) is 102 Å². The molecule has 1 heterocycles. The summed E-state index contributed by atoms with van der Waals surface area (Å²) in [4.78, 5) is 0. The van der Waals surface area contributed by atoms with Crippen molar-refractivity contribution in [2.24, 2.45) is 17.8 Å². The number of aromatic nitrogens is 2. The second-order valence-electron chi connectivity index (χ2n) is 12.1. The van der Waals surface area contributed by atoms with Gasteiger partial charge in [0.25, 0.3) is 0 Å². The first-order valence-electron chi connectivity index (χ1n) is 15.3. The predicted molar refractivity (Wildman–Crippen MR) is 166 cm³/mol. The third-order valence-electron chi connectivity index (χ3n) is 9.60. The summed E-state index contributed by atoms with van der Waals surface area (Å²) in [5.74, 6) is -1.18. The molecule has 0 saturated heterocycles. The molecule has 2 aliphatic carbocycles. The average molecular weight is 631 g/mol. The van der Waals surface area contributed by atoms with E-state index in [1.807, 2.05) is 41.1 Å². The summed E-state index contributed by atoms with van der Waals surface area (Å²) < 4.78 is 75.1. The number of ether oxygens (including phenoxy) is 1. The van der Waals surface area contributed by atoms with Crippen LogP contribution in [0.1, 0.15) is 29.7 Å². The average Bonchev–Trinajstić information content (AvgIpc) is 3.59. The standard InChI is InChI=1S/C37H31F5N2O2/c1-46-27-12-8-22(9-13-27)21-6-10-26(11-7-21)44-34-17-16-29-28(31(29)20-45)14-15-30(34)36(43-44)24-4-2-23(3-5-24)25-18-32(38)35(33(39)19-25)37(40,41)42/h2-13,18-19,28-29,31,45H,14-17,20H2,1H3/t28-,29+,31-/m0/s1. The fourth-order valence-corrected chi connectivity index (χ4v) is 7.13. The van der Waals surface area contributed by atoms with Crippen molar-refractivity contribution in [2.45, 2.75) is 31.9 Å². The number of nitrogens with zero attached hydrogens (tertiary/aromatic N) is 2. The lowest BCUT2D eigenvalue weighted by Gasteiger charge is -2.13. The van der Waals surface area contributed by atoms with Gasteiger partial charge in [-0.25, -0.2) is 13.5 Å². The van der Waals surface area contributed by atoms with Gasteiger partial charge in [0.05, 0.1) is 18.5 Å². The minimum Gasteiger partial charge on any atom is -0.497 e. The van der Waals surface area contributed by atoms with Gasteiger partial charge in [0.1, 0.15) is 22.9 Å². The Hall–Kier alpha value is -4.50. The topological polar surface area (TPSA) is 47.3 Å². The first-order chi connectivity index (χ1) is 22.2. The van der Waals surface area contributed by atoms with E-state index in [4.69, 9.17) is 9.84 Å². The van der Waals surface area contributed by atoms with Crippen LogP contribution < -0.4 is 4.74 Å². The zero-order valence-electron chi connectivity index (χ0n) is 25.0. The Bertz CT molecular complexity index is 1860. The number of rotatable bonds is 6. The van der Waals surface area contributed by atoms with Crippen molar-refractivity contribution in [1.82, 2.24) is 9.78 Å². The van der Waals surface area contributed by atoms with Gasteiger partial charge in [-0.15, -0.1) is 0 Å². The van der Waals surface area contributed by atoms with Gasteiger partial charge in [-0.3, -0.25) is 0 Å². The number of hydrogen-bond acceptors (Lipinski definition) is 3. The van der Waals surface area contributed by atoms with E-state index < -0.39 is 23.4 Å². The number of fused-ring (bicyclic) bond motifs is 2. The number of benzene rings is 4. The molecule has 5 aromatic rings. The molecular formula is C37H31F5N2O2. The van der Waals surface area contributed by atoms with Crippen molar-refractivity contribution in [3.8, 4) is 44.9 Å². The third kappa shape index (κ3) is 5.47. The Morgan fingerprint density at radius 3 is 1.85 bits per heavy atom. The molecule has 0 spiro atoms. The van der Waals surface area contributed by atoms with E-state index in [-0.39, 0.29) is 12.2 Å². The summed E-state index contributed by atoms with van der Waals surface area (Å²) in [5.41, 5.74) is 5.38. The van der Waals surface area contributed by atoms with Crippen LogP contribution in [0.5, 0.6) is 5.75 Å². The molecule has 1 fully saturated rings. The molecule has 7 rings (SSSR count). The summed E-state index contributed by atoms with van der Waals surface area (Å²) in [5, 5.41) is 15.0. The van der Waals surface area contributed by atoms with Crippen molar-refractivity contribution in [2.75, 3.05) is 13.7 Å². The molecule has 9 heteroatoms. The maximum Gasteiger partial charge on any atom is 0.422 e. The van der Waals surface area contributed by atoms with Crippen LogP contribution in [0.15, 0.2) is 84.9 Å². The number of halogens is 5. The Morgan fingerprint density at radius 1 is 0.761 bits per heavy atom. The molecule has 3 atom stereocenters. The normalized spacial score (nSPS) is 19.2. The van der Waals surface area contributed by atoms with E-state index in [0.29, 0.717) is 35.4 Å². The van der Waals surface area contributed by atoms with E-state index in [9.17, 15) is 27.1 Å². The largest absolute Gasteiger partial charge is 0.497 e. The number of aliphatic hydroxyl groups is 1. The van der Waals surface area contributed by atoms with Crippen molar-refractivity contribution in [1.29, 1.82) is 0 Å². The van der Waals surface area contributed by atoms with Crippen molar-refractivity contribution in [3.05, 3.63) is 113 Å². The molecule has 0 aliphatic heterocycles. The number of alkyl halides is 3. The number of hydrogen-bond donors (Lipinski definition) is 1.